The van der Waals surface area contributed by atoms with Crippen LogP contribution in [0, 0.1) is 5.82 Å². The summed E-state index contributed by atoms with van der Waals surface area (Å²) in [5.41, 5.74) is -0.140. The lowest BCUT2D eigenvalue weighted by atomic mass is 10.1. The van der Waals surface area contributed by atoms with Crippen LogP contribution in [0.25, 0.3) is 0 Å². The highest BCUT2D eigenvalue weighted by Gasteiger charge is 2.15. The lowest BCUT2D eigenvalue weighted by Crippen LogP contribution is -2.12. The van der Waals surface area contributed by atoms with Crippen molar-refractivity contribution in [2.75, 3.05) is 0 Å². The van der Waals surface area contributed by atoms with Gasteiger partial charge in [0, 0.05) is 5.56 Å². The highest BCUT2D eigenvalue weighted by molar-refractivity contribution is 6.40. The lowest BCUT2D eigenvalue weighted by Gasteiger charge is -1.97. The van der Waals surface area contributed by atoms with Gasteiger partial charge in [-0.15, -0.1) is 0 Å². The van der Waals surface area contributed by atoms with Crippen molar-refractivity contribution >= 4 is 23.4 Å². The van der Waals surface area contributed by atoms with Crippen LogP contribution in [0.5, 0.6) is 0 Å². The number of Topliss-reactive ketones (excluding diaryl/α,β-unsaturated/α-hetero) is 1. The first-order valence-electron chi connectivity index (χ1n) is 3.25. The molecule has 0 aliphatic rings. The Bertz CT molecular complexity index is 376. The van der Waals surface area contributed by atoms with Crippen LogP contribution in [-0.4, -0.2) is 16.9 Å². The minimum absolute atomic E-state index is 0.140. The Balaban J connectivity index is 3.11. The zero-order chi connectivity index (χ0) is 10.0. The van der Waals surface area contributed by atoms with E-state index >= 15 is 0 Å². The smallest absolute Gasteiger partial charge is 0.377 e. The molecule has 0 fully saturated rings. The zero-order valence-corrected chi connectivity index (χ0v) is 7.01. The van der Waals surface area contributed by atoms with Crippen LogP contribution >= 0.6 is 11.6 Å². The first-order chi connectivity index (χ1) is 6.02. The molecule has 13 heavy (non-hydrogen) atoms. The highest BCUT2D eigenvalue weighted by atomic mass is 35.5. The molecular formula is C8H4ClFO3. The Kier molecular flexibility index (Phi) is 2.63. The summed E-state index contributed by atoms with van der Waals surface area (Å²) in [6.45, 7) is 0. The largest absolute Gasteiger partial charge is 0.475 e. The number of carboxylic acids is 1. The summed E-state index contributed by atoms with van der Waals surface area (Å²) in [5.74, 6) is -3.40. The van der Waals surface area contributed by atoms with Gasteiger partial charge in [0.05, 0.1) is 5.02 Å². The molecule has 1 aromatic rings. The molecule has 0 atom stereocenters. The molecule has 68 valence electrons. The molecule has 0 heterocycles. The number of halogens is 2. The minimum atomic E-state index is -1.59. The van der Waals surface area contributed by atoms with E-state index in [2.05, 4.69) is 0 Å². The van der Waals surface area contributed by atoms with Gasteiger partial charge in [0.25, 0.3) is 5.78 Å². The Labute approximate surface area is 77.7 Å². The van der Waals surface area contributed by atoms with Gasteiger partial charge in [0.1, 0.15) is 5.82 Å². The van der Waals surface area contributed by atoms with Gasteiger partial charge in [0.15, 0.2) is 0 Å². The molecule has 0 unspecified atom stereocenters. The summed E-state index contributed by atoms with van der Waals surface area (Å²) >= 11 is 5.34. The van der Waals surface area contributed by atoms with Crippen molar-refractivity contribution in [2.24, 2.45) is 0 Å². The molecule has 0 spiro atoms. The molecule has 5 heteroatoms. The first-order valence-corrected chi connectivity index (χ1v) is 3.63. The molecule has 0 aliphatic heterocycles. The van der Waals surface area contributed by atoms with Gasteiger partial charge in [-0.25, -0.2) is 9.18 Å². The third-order valence-corrected chi connectivity index (χ3v) is 1.67. The number of carboxylic acid groups (broad SMARTS) is 1. The van der Waals surface area contributed by atoms with Crippen LogP contribution in [0.2, 0.25) is 5.02 Å². The quantitative estimate of drug-likeness (QED) is 0.587. The van der Waals surface area contributed by atoms with E-state index in [1.807, 2.05) is 0 Å². The Morgan fingerprint density at radius 2 is 2.00 bits per heavy atom. The molecule has 0 radical (unpaired) electrons. The van der Waals surface area contributed by atoms with Crippen molar-refractivity contribution in [3.05, 3.63) is 34.6 Å². The molecule has 1 rings (SSSR count). The van der Waals surface area contributed by atoms with E-state index in [0.29, 0.717) is 0 Å². The summed E-state index contributed by atoms with van der Waals surface area (Å²) < 4.78 is 12.6. The third kappa shape index (κ3) is 2.03. The minimum Gasteiger partial charge on any atom is -0.475 e. The predicted octanol–water partition coefficient (Wildman–Crippen LogP) is 1.75. The monoisotopic (exact) mass is 202 g/mol. The van der Waals surface area contributed by atoms with Crippen LogP contribution in [0.1, 0.15) is 10.4 Å². The second-order valence-electron chi connectivity index (χ2n) is 2.26. The average molecular weight is 203 g/mol. The fourth-order valence-electron chi connectivity index (χ4n) is 0.761. The van der Waals surface area contributed by atoms with E-state index in [1.54, 1.807) is 0 Å². The molecule has 0 amide bonds. The van der Waals surface area contributed by atoms with Crippen LogP contribution in [0.15, 0.2) is 18.2 Å². The normalized spacial score (nSPS) is 9.69. The summed E-state index contributed by atoms with van der Waals surface area (Å²) in [4.78, 5) is 21.0. The number of carbonyl (C=O) groups excluding carboxylic acids is 1. The van der Waals surface area contributed by atoms with Crippen molar-refractivity contribution in [3.63, 3.8) is 0 Å². The van der Waals surface area contributed by atoms with Crippen molar-refractivity contribution in [1.82, 2.24) is 0 Å². The fraction of sp³-hybridized carbons (Fsp3) is 0. The van der Waals surface area contributed by atoms with Gasteiger partial charge in [-0.05, 0) is 18.2 Å². The molecule has 3 nitrogen and oxygen atoms in total. The zero-order valence-electron chi connectivity index (χ0n) is 6.25. The van der Waals surface area contributed by atoms with E-state index in [9.17, 15) is 14.0 Å². The molecule has 0 aliphatic carbocycles. The number of benzene rings is 1. The summed E-state index contributed by atoms with van der Waals surface area (Å²) in [5, 5.41) is 8.04. The van der Waals surface area contributed by atoms with E-state index in [0.717, 1.165) is 18.2 Å². The molecule has 0 bridgehead atoms. The van der Waals surface area contributed by atoms with E-state index in [4.69, 9.17) is 16.7 Å². The van der Waals surface area contributed by atoms with E-state index in [1.165, 1.54) is 0 Å². The lowest BCUT2D eigenvalue weighted by molar-refractivity contribution is -0.131. The van der Waals surface area contributed by atoms with Crippen molar-refractivity contribution in [1.29, 1.82) is 0 Å². The second-order valence-corrected chi connectivity index (χ2v) is 2.67. The maximum atomic E-state index is 12.6. The van der Waals surface area contributed by atoms with Crippen molar-refractivity contribution < 1.29 is 19.1 Å². The maximum Gasteiger partial charge on any atom is 0.377 e. The standard InChI is InChI=1S/C8H4ClFO3/c9-5-3-4(1-2-6(5)10)7(11)8(12)13/h1-3H,(H,12,13). The SMILES string of the molecule is O=C(O)C(=O)c1ccc(F)c(Cl)c1. The molecule has 1 aromatic carbocycles. The van der Waals surface area contributed by atoms with Crippen LogP contribution in [0.4, 0.5) is 4.39 Å². The molecule has 1 N–H and O–H groups in total. The predicted molar refractivity (Wildman–Crippen MR) is 43.4 cm³/mol. The van der Waals surface area contributed by atoms with Gasteiger partial charge < -0.3 is 5.11 Å². The van der Waals surface area contributed by atoms with Gasteiger partial charge in [-0.3, -0.25) is 4.79 Å². The summed E-state index contributed by atoms with van der Waals surface area (Å²) in [6, 6.07) is 2.99. The fourth-order valence-corrected chi connectivity index (χ4v) is 0.941. The van der Waals surface area contributed by atoms with Crippen LogP contribution < -0.4 is 0 Å². The average Bonchev–Trinajstić information content (AvgIpc) is 2.08. The highest BCUT2D eigenvalue weighted by Crippen LogP contribution is 2.16. The Hall–Kier alpha value is -1.42. The van der Waals surface area contributed by atoms with E-state index in [-0.39, 0.29) is 10.6 Å². The maximum absolute atomic E-state index is 12.6. The third-order valence-electron chi connectivity index (χ3n) is 1.38. The number of hydrogen-bond donors (Lipinski definition) is 1. The first kappa shape index (κ1) is 9.67. The number of hydrogen-bond acceptors (Lipinski definition) is 2. The number of ketones is 1. The molecule has 0 aromatic heterocycles. The molecule has 0 saturated carbocycles. The van der Waals surface area contributed by atoms with Gasteiger partial charge in [-0.2, -0.15) is 0 Å². The van der Waals surface area contributed by atoms with Crippen LogP contribution in [-0.2, 0) is 4.79 Å². The van der Waals surface area contributed by atoms with Crippen molar-refractivity contribution in [3.8, 4) is 0 Å². The molecular weight excluding hydrogens is 199 g/mol. The van der Waals surface area contributed by atoms with Crippen molar-refractivity contribution in [2.45, 2.75) is 0 Å². The number of aliphatic carboxylic acids is 1. The molecule has 0 saturated heterocycles. The van der Waals surface area contributed by atoms with Gasteiger partial charge in [-0.1, -0.05) is 11.6 Å². The second kappa shape index (κ2) is 3.53. The van der Waals surface area contributed by atoms with E-state index < -0.39 is 17.6 Å². The Morgan fingerprint density at radius 1 is 1.38 bits per heavy atom. The number of rotatable bonds is 2. The number of carbonyl (C=O) groups is 2. The van der Waals surface area contributed by atoms with Gasteiger partial charge >= 0.3 is 5.97 Å². The summed E-state index contributed by atoms with van der Waals surface area (Å²) in [7, 11) is 0. The summed E-state index contributed by atoms with van der Waals surface area (Å²) in [6.07, 6.45) is 0. The topological polar surface area (TPSA) is 54.4 Å². The van der Waals surface area contributed by atoms with Crippen LogP contribution in [0.3, 0.4) is 0 Å². The van der Waals surface area contributed by atoms with Gasteiger partial charge in [0.2, 0.25) is 0 Å². The Morgan fingerprint density at radius 3 is 2.46 bits per heavy atom.